The van der Waals surface area contributed by atoms with E-state index in [0.29, 0.717) is 69.5 Å². The molecule has 0 unspecified atom stereocenters. The maximum absolute atomic E-state index is 13.7. The Labute approximate surface area is 199 Å². The van der Waals surface area contributed by atoms with Crippen molar-refractivity contribution in [3.8, 4) is 12.3 Å². The predicted molar refractivity (Wildman–Crippen MR) is 129 cm³/mol. The average Bonchev–Trinajstić information content (AvgIpc) is 3.26. The fourth-order valence-corrected chi connectivity index (χ4v) is 4.33. The van der Waals surface area contributed by atoms with Crippen LogP contribution in [0.15, 0.2) is 10.9 Å². The number of rotatable bonds is 4. The number of piperazine rings is 1. The summed E-state index contributed by atoms with van der Waals surface area (Å²) in [7, 11) is 0. The highest BCUT2D eigenvalue weighted by molar-refractivity contribution is 5.69. The minimum atomic E-state index is -0.553. The van der Waals surface area contributed by atoms with Crippen LogP contribution in [0.4, 0.5) is 10.5 Å². The van der Waals surface area contributed by atoms with Gasteiger partial charge >= 0.3 is 6.09 Å². The molecule has 2 aliphatic heterocycles. The van der Waals surface area contributed by atoms with E-state index in [0.717, 1.165) is 11.3 Å². The SMILES string of the molecule is C#CCn1c(CC)c(N2CCN(C(=O)OC(C)(C)C)CC2)c(=O)n2nc(C3=CCOCC3)nc12. The number of hydrogen-bond donors (Lipinski definition) is 0. The Morgan fingerprint density at radius 1 is 1.26 bits per heavy atom. The first kappa shape index (κ1) is 23.8. The molecule has 0 radical (unpaired) electrons. The summed E-state index contributed by atoms with van der Waals surface area (Å²) in [5.74, 6) is 3.66. The Kier molecular flexibility index (Phi) is 6.66. The fraction of sp³-hybridized carbons (Fsp3) is 0.583. The van der Waals surface area contributed by atoms with Crippen molar-refractivity contribution in [1.82, 2.24) is 24.1 Å². The van der Waals surface area contributed by atoms with Gasteiger partial charge in [-0.1, -0.05) is 18.9 Å². The summed E-state index contributed by atoms with van der Waals surface area (Å²) in [5.41, 5.74) is 1.57. The molecule has 0 atom stereocenters. The molecule has 1 fully saturated rings. The largest absolute Gasteiger partial charge is 0.444 e. The molecule has 0 bridgehead atoms. The highest BCUT2D eigenvalue weighted by Gasteiger charge is 2.30. The molecule has 0 aromatic carbocycles. The third-order valence-electron chi connectivity index (χ3n) is 5.91. The van der Waals surface area contributed by atoms with Crippen LogP contribution in [-0.4, -0.2) is 75.2 Å². The number of aromatic nitrogens is 4. The molecule has 10 heteroatoms. The first-order valence-electron chi connectivity index (χ1n) is 11.7. The number of fused-ring (bicyclic) bond motifs is 1. The highest BCUT2D eigenvalue weighted by Crippen LogP contribution is 2.24. The van der Waals surface area contributed by atoms with Crippen LogP contribution in [0.2, 0.25) is 0 Å². The summed E-state index contributed by atoms with van der Waals surface area (Å²) in [4.78, 5) is 34.5. The van der Waals surface area contributed by atoms with Crippen molar-refractivity contribution >= 4 is 23.1 Å². The van der Waals surface area contributed by atoms with Gasteiger partial charge in [0.1, 0.15) is 11.3 Å². The zero-order valence-electron chi connectivity index (χ0n) is 20.3. The number of anilines is 1. The van der Waals surface area contributed by atoms with Crippen molar-refractivity contribution in [3.05, 3.63) is 27.9 Å². The third-order valence-corrected chi connectivity index (χ3v) is 5.91. The second-order valence-corrected chi connectivity index (χ2v) is 9.40. The molecule has 4 rings (SSSR count). The lowest BCUT2D eigenvalue weighted by Gasteiger charge is -2.37. The Bertz CT molecular complexity index is 1210. The molecular weight excluding hydrogens is 436 g/mol. The molecule has 2 aromatic heterocycles. The van der Waals surface area contributed by atoms with Gasteiger partial charge in [0.15, 0.2) is 5.82 Å². The lowest BCUT2D eigenvalue weighted by atomic mass is 10.1. The second-order valence-electron chi connectivity index (χ2n) is 9.40. The van der Waals surface area contributed by atoms with Crippen LogP contribution in [0, 0.1) is 12.3 Å². The maximum Gasteiger partial charge on any atom is 0.410 e. The minimum absolute atomic E-state index is 0.225. The number of carbonyl (C=O) groups excluding carboxylic acids is 1. The smallest absolute Gasteiger partial charge is 0.410 e. The molecule has 0 N–H and O–H groups in total. The average molecular weight is 469 g/mol. The van der Waals surface area contributed by atoms with Gasteiger partial charge in [0.2, 0.25) is 5.78 Å². The van der Waals surface area contributed by atoms with Crippen LogP contribution in [0.25, 0.3) is 11.4 Å². The quantitative estimate of drug-likeness (QED) is 0.633. The van der Waals surface area contributed by atoms with E-state index in [9.17, 15) is 9.59 Å². The molecule has 4 heterocycles. The van der Waals surface area contributed by atoms with E-state index in [2.05, 4.69) is 16.0 Å². The molecule has 1 amide bonds. The standard InChI is InChI=1S/C24H32N6O4/c1-6-10-29-18(7-2)19(27-11-13-28(14-12-27)23(32)34-24(3,4)5)21(31)30-22(29)25-20(26-30)17-8-15-33-16-9-17/h1,8H,7,9-16H2,2-5H3. The van der Waals surface area contributed by atoms with Gasteiger partial charge in [-0.15, -0.1) is 11.5 Å². The molecule has 10 nitrogen and oxygen atoms in total. The molecule has 2 aliphatic rings. The van der Waals surface area contributed by atoms with Crippen LogP contribution in [0.3, 0.4) is 0 Å². The number of nitrogens with zero attached hydrogens (tertiary/aromatic N) is 6. The van der Waals surface area contributed by atoms with E-state index in [1.807, 2.05) is 43.2 Å². The molecule has 1 saturated heterocycles. The van der Waals surface area contributed by atoms with Gasteiger partial charge in [0, 0.05) is 26.2 Å². The number of terminal acetylenes is 1. The molecule has 182 valence electrons. The molecule has 0 aliphatic carbocycles. The Balaban J connectivity index is 1.71. The van der Waals surface area contributed by atoms with E-state index in [-0.39, 0.29) is 18.2 Å². The molecule has 2 aromatic rings. The summed E-state index contributed by atoms with van der Waals surface area (Å²) >= 11 is 0. The molecule has 0 spiro atoms. The van der Waals surface area contributed by atoms with Gasteiger partial charge in [0.25, 0.3) is 5.56 Å². The summed E-state index contributed by atoms with van der Waals surface area (Å²) in [6.07, 6.45) is 8.60. The van der Waals surface area contributed by atoms with E-state index in [4.69, 9.17) is 15.9 Å². The summed E-state index contributed by atoms with van der Waals surface area (Å²) in [6.45, 7) is 10.9. The zero-order chi connectivity index (χ0) is 24.5. The van der Waals surface area contributed by atoms with Crippen molar-refractivity contribution in [3.63, 3.8) is 0 Å². The van der Waals surface area contributed by atoms with Crippen molar-refractivity contribution in [2.45, 2.75) is 52.7 Å². The summed E-state index contributed by atoms with van der Waals surface area (Å²) < 4.78 is 14.1. The van der Waals surface area contributed by atoms with Crippen LogP contribution in [0.5, 0.6) is 0 Å². The summed E-state index contributed by atoms with van der Waals surface area (Å²) in [5, 5.41) is 4.56. The van der Waals surface area contributed by atoms with E-state index >= 15 is 0 Å². The number of amides is 1. The zero-order valence-corrected chi connectivity index (χ0v) is 20.3. The van der Waals surface area contributed by atoms with Gasteiger partial charge in [-0.2, -0.15) is 9.50 Å². The van der Waals surface area contributed by atoms with Crippen LogP contribution < -0.4 is 10.5 Å². The van der Waals surface area contributed by atoms with Gasteiger partial charge in [-0.25, -0.2) is 4.79 Å². The minimum Gasteiger partial charge on any atom is -0.444 e. The second kappa shape index (κ2) is 9.50. The van der Waals surface area contributed by atoms with E-state index < -0.39 is 5.60 Å². The monoisotopic (exact) mass is 468 g/mol. The van der Waals surface area contributed by atoms with Crippen molar-refractivity contribution in [2.24, 2.45) is 0 Å². The Hall–Kier alpha value is -3.32. The van der Waals surface area contributed by atoms with Crippen molar-refractivity contribution in [2.75, 3.05) is 44.3 Å². The van der Waals surface area contributed by atoms with Gasteiger partial charge in [-0.05, 0) is 39.2 Å². The predicted octanol–water partition coefficient (Wildman–Crippen LogP) is 1.95. The normalized spacial score (nSPS) is 17.0. The number of hydrogen-bond acceptors (Lipinski definition) is 7. The molecule has 0 saturated carbocycles. The highest BCUT2D eigenvalue weighted by atomic mass is 16.6. The van der Waals surface area contributed by atoms with Crippen LogP contribution in [-0.2, 0) is 22.4 Å². The first-order chi connectivity index (χ1) is 16.2. The third kappa shape index (κ3) is 4.66. The summed E-state index contributed by atoms with van der Waals surface area (Å²) in [6, 6.07) is 0. The molecular formula is C24H32N6O4. The number of carbonyl (C=O) groups is 1. The van der Waals surface area contributed by atoms with E-state index in [1.165, 1.54) is 4.52 Å². The van der Waals surface area contributed by atoms with Gasteiger partial charge in [-0.3, -0.25) is 4.79 Å². The van der Waals surface area contributed by atoms with Crippen LogP contribution >= 0.6 is 0 Å². The van der Waals surface area contributed by atoms with Crippen LogP contribution in [0.1, 0.15) is 45.6 Å². The van der Waals surface area contributed by atoms with E-state index in [1.54, 1.807) is 4.90 Å². The number of ether oxygens (including phenoxy) is 2. The van der Waals surface area contributed by atoms with Crippen molar-refractivity contribution in [1.29, 1.82) is 0 Å². The topological polar surface area (TPSA) is 94.2 Å². The Morgan fingerprint density at radius 2 is 2.00 bits per heavy atom. The van der Waals surface area contributed by atoms with Gasteiger partial charge < -0.3 is 23.8 Å². The molecule has 34 heavy (non-hydrogen) atoms. The first-order valence-corrected chi connectivity index (χ1v) is 11.7. The van der Waals surface area contributed by atoms with Crippen molar-refractivity contribution < 1.29 is 14.3 Å². The lowest BCUT2D eigenvalue weighted by Crippen LogP contribution is -2.51. The lowest BCUT2D eigenvalue weighted by molar-refractivity contribution is 0.0240. The van der Waals surface area contributed by atoms with Gasteiger partial charge in [0.05, 0.1) is 25.5 Å². The fourth-order valence-electron chi connectivity index (χ4n) is 4.33. The maximum atomic E-state index is 13.7. The Morgan fingerprint density at radius 3 is 2.59 bits per heavy atom.